The molecule has 3 N–H and O–H groups in total. The van der Waals surface area contributed by atoms with Gasteiger partial charge in [0, 0.05) is 24.5 Å². The number of esters is 1. The molecule has 0 bridgehead atoms. The van der Waals surface area contributed by atoms with Crippen LogP contribution in [-0.4, -0.2) is 60.5 Å². The molecule has 0 saturated heterocycles. The molecular formula is C32H43N3O6S. The second-order valence-corrected chi connectivity index (χ2v) is 11.7. The fourth-order valence-corrected chi connectivity index (χ4v) is 4.73. The van der Waals surface area contributed by atoms with E-state index in [1.54, 1.807) is 33.8 Å². The molecule has 0 aliphatic carbocycles. The normalized spacial score (nSPS) is 12.7. The van der Waals surface area contributed by atoms with Crippen molar-refractivity contribution in [1.29, 1.82) is 0 Å². The zero-order chi connectivity index (χ0) is 31.0. The predicted octanol–water partition coefficient (Wildman–Crippen LogP) is 4.47. The number of benzene rings is 2. The van der Waals surface area contributed by atoms with Crippen molar-refractivity contribution in [3.63, 3.8) is 0 Å². The van der Waals surface area contributed by atoms with Crippen LogP contribution in [0.3, 0.4) is 0 Å². The lowest BCUT2D eigenvalue weighted by Crippen LogP contribution is -2.49. The molecule has 0 saturated carbocycles. The summed E-state index contributed by atoms with van der Waals surface area (Å²) in [6.45, 7) is 9.47. The maximum Gasteiger partial charge on any atom is 0.408 e. The largest absolute Gasteiger partial charge is 0.464 e. The van der Waals surface area contributed by atoms with Gasteiger partial charge in [0.2, 0.25) is 11.8 Å². The van der Waals surface area contributed by atoms with Gasteiger partial charge in [0.15, 0.2) is 0 Å². The van der Waals surface area contributed by atoms with E-state index in [0.29, 0.717) is 24.3 Å². The van der Waals surface area contributed by atoms with Gasteiger partial charge < -0.3 is 25.4 Å². The molecule has 0 aliphatic rings. The Bertz CT molecular complexity index is 1180. The number of aryl methyl sites for hydroxylation is 1. The Morgan fingerprint density at radius 2 is 1.62 bits per heavy atom. The number of ether oxygens (including phenoxy) is 2. The van der Waals surface area contributed by atoms with E-state index in [9.17, 15) is 19.2 Å². The Labute approximate surface area is 253 Å². The van der Waals surface area contributed by atoms with Gasteiger partial charge in [-0.25, -0.2) is 9.59 Å². The first-order chi connectivity index (χ1) is 20.0. The summed E-state index contributed by atoms with van der Waals surface area (Å²) in [5.41, 5.74) is 2.50. The van der Waals surface area contributed by atoms with Crippen LogP contribution in [0.5, 0.6) is 0 Å². The van der Waals surface area contributed by atoms with Crippen molar-refractivity contribution < 1.29 is 28.7 Å². The highest BCUT2D eigenvalue weighted by Crippen LogP contribution is 2.15. The van der Waals surface area contributed by atoms with Crippen molar-refractivity contribution in [1.82, 2.24) is 16.0 Å². The Morgan fingerprint density at radius 1 is 0.929 bits per heavy atom. The number of rotatable bonds is 15. The van der Waals surface area contributed by atoms with Crippen molar-refractivity contribution in [3.05, 3.63) is 83.4 Å². The van der Waals surface area contributed by atoms with Crippen LogP contribution >= 0.6 is 11.8 Å². The maximum absolute atomic E-state index is 12.9. The molecule has 9 nitrogen and oxygen atoms in total. The lowest BCUT2D eigenvalue weighted by Gasteiger charge is -2.23. The molecule has 2 rings (SSSR count). The van der Waals surface area contributed by atoms with Crippen molar-refractivity contribution in [2.75, 3.05) is 18.9 Å². The highest BCUT2D eigenvalue weighted by molar-refractivity contribution is 7.98. The van der Waals surface area contributed by atoms with Crippen LogP contribution in [0, 0.1) is 6.92 Å². The minimum atomic E-state index is -0.818. The quantitative estimate of drug-likeness (QED) is 0.157. The molecule has 2 atom stereocenters. The second kappa shape index (κ2) is 17.9. The molecule has 228 valence electrons. The molecule has 3 amide bonds. The minimum Gasteiger partial charge on any atom is -0.464 e. The standard InChI is InChI=1S/C32H43N3O6S/c1-6-40-30(38)26(20-24-12-8-7-9-13-24)34-28(36)14-10-11-19-33-29(37)27(35-31(39)41-32(3,4)5)22-42-21-25-17-15-23(2)16-18-25/h7-10,12-18,26-27H,6,11,19-22H2,1-5H3,(H,33,37)(H,34,36)(H,35,39)/b14-10+/t26-,27-/m0/s1. The zero-order valence-electron chi connectivity index (χ0n) is 25.1. The summed E-state index contributed by atoms with van der Waals surface area (Å²) in [4.78, 5) is 50.2. The first-order valence-corrected chi connectivity index (χ1v) is 15.2. The van der Waals surface area contributed by atoms with Gasteiger partial charge in [0.05, 0.1) is 6.61 Å². The summed E-state index contributed by atoms with van der Waals surface area (Å²) in [6.07, 6.45) is 2.96. The lowest BCUT2D eigenvalue weighted by atomic mass is 10.1. The molecule has 42 heavy (non-hydrogen) atoms. The summed E-state index contributed by atoms with van der Waals surface area (Å²) in [5, 5.41) is 8.18. The molecule has 2 aromatic rings. The first kappa shape index (κ1) is 34.4. The Balaban J connectivity index is 1.88. The topological polar surface area (TPSA) is 123 Å². The van der Waals surface area contributed by atoms with Crippen LogP contribution in [0.25, 0.3) is 0 Å². The van der Waals surface area contributed by atoms with E-state index in [1.165, 1.54) is 23.4 Å². The summed E-state index contributed by atoms with van der Waals surface area (Å²) in [5.74, 6) is -0.241. The molecule has 0 fully saturated rings. The lowest BCUT2D eigenvalue weighted by molar-refractivity contribution is -0.147. The molecule has 0 spiro atoms. The minimum absolute atomic E-state index is 0.212. The number of alkyl carbamates (subject to hydrolysis) is 1. The van der Waals surface area contributed by atoms with E-state index < -0.39 is 35.7 Å². The van der Waals surface area contributed by atoms with Gasteiger partial charge in [0.25, 0.3) is 0 Å². The number of carbonyl (C=O) groups excluding carboxylic acids is 4. The van der Waals surface area contributed by atoms with Crippen molar-refractivity contribution in [3.8, 4) is 0 Å². The summed E-state index contributed by atoms with van der Waals surface area (Å²) < 4.78 is 10.5. The highest BCUT2D eigenvalue weighted by atomic mass is 32.2. The number of carbonyl (C=O) groups is 4. The van der Waals surface area contributed by atoms with Gasteiger partial charge in [-0.2, -0.15) is 11.8 Å². The van der Waals surface area contributed by atoms with Gasteiger partial charge >= 0.3 is 12.1 Å². The highest BCUT2D eigenvalue weighted by Gasteiger charge is 2.24. The smallest absolute Gasteiger partial charge is 0.408 e. The van der Waals surface area contributed by atoms with E-state index in [0.717, 1.165) is 11.1 Å². The van der Waals surface area contributed by atoms with E-state index >= 15 is 0 Å². The van der Waals surface area contributed by atoms with Gasteiger partial charge in [-0.3, -0.25) is 9.59 Å². The molecule has 0 aromatic heterocycles. The summed E-state index contributed by atoms with van der Waals surface area (Å²) in [6, 6.07) is 15.9. The number of hydrogen-bond donors (Lipinski definition) is 3. The second-order valence-electron chi connectivity index (χ2n) is 10.7. The monoisotopic (exact) mass is 597 g/mol. The molecule has 0 radical (unpaired) electrons. The first-order valence-electron chi connectivity index (χ1n) is 14.0. The van der Waals surface area contributed by atoms with Crippen LogP contribution in [-0.2, 0) is 36.0 Å². The average molecular weight is 598 g/mol. The molecule has 0 aliphatic heterocycles. The SMILES string of the molecule is CCOC(=O)[C@H](Cc1ccccc1)NC(=O)/C=C/CCNC(=O)[C@H](CSCc1ccc(C)cc1)NC(=O)OC(C)(C)C. The molecule has 10 heteroatoms. The number of hydrogen-bond acceptors (Lipinski definition) is 7. The fourth-order valence-electron chi connectivity index (χ4n) is 3.71. The molecule has 0 heterocycles. The molecular weight excluding hydrogens is 554 g/mol. The molecule has 0 unspecified atom stereocenters. The summed E-state index contributed by atoms with van der Waals surface area (Å²) >= 11 is 1.53. The van der Waals surface area contributed by atoms with Crippen LogP contribution in [0.1, 0.15) is 50.8 Å². The summed E-state index contributed by atoms with van der Waals surface area (Å²) in [7, 11) is 0. The third-order valence-electron chi connectivity index (χ3n) is 5.73. The third kappa shape index (κ3) is 14.2. The Morgan fingerprint density at radius 3 is 2.26 bits per heavy atom. The van der Waals surface area contributed by atoms with Crippen LogP contribution in [0.2, 0.25) is 0 Å². The predicted molar refractivity (Wildman–Crippen MR) is 166 cm³/mol. The van der Waals surface area contributed by atoms with Crippen LogP contribution < -0.4 is 16.0 Å². The van der Waals surface area contributed by atoms with E-state index in [-0.39, 0.29) is 19.1 Å². The fraction of sp³-hybridized carbons (Fsp3) is 0.438. The van der Waals surface area contributed by atoms with Crippen LogP contribution in [0.4, 0.5) is 4.79 Å². The third-order valence-corrected chi connectivity index (χ3v) is 6.84. The Kier molecular flexibility index (Phi) is 14.7. The van der Waals surface area contributed by atoms with E-state index in [1.807, 2.05) is 61.5 Å². The Hall–Kier alpha value is -3.79. The number of nitrogens with one attached hydrogen (secondary N) is 3. The zero-order valence-corrected chi connectivity index (χ0v) is 25.9. The van der Waals surface area contributed by atoms with E-state index in [4.69, 9.17) is 9.47 Å². The molecule has 2 aromatic carbocycles. The average Bonchev–Trinajstić information content (AvgIpc) is 2.92. The van der Waals surface area contributed by atoms with Gasteiger partial charge in [-0.05, 0) is 58.2 Å². The van der Waals surface area contributed by atoms with Crippen molar-refractivity contribution in [2.24, 2.45) is 0 Å². The van der Waals surface area contributed by atoms with Crippen molar-refractivity contribution in [2.45, 2.75) is 70.9 Å². The van der Waals surface area contributed by atoms with Gasteiger partial charge in [-0.1, -0.05) is 66.2 Å². The number of thioether (sulfide) groups is 1. The van der Waals surface area contributed by atoms with E-state index in [2.05, 4.69) is 16.0 Å². The van der Waals surface area contributed by atoms with Gasteiger partial charge in [0.1, 0.15) is 17.7 Å². The van der Waals surface area contributed by atoms with Crippen molar-refractivity contribution >= 4 is 35.6 Å². The number of amides is 3. The maximum atomic E-state index is 12.9. The van der Waals surface area contributed by atoms with Gasteiger partial charge in [-0.15, -0.1) is 0 Å². The van der Waals surface area contributed by atoms with Crippen LogP contribution in [0.15, 0.2) is 66.7 Å².